The van der Waals surface area contributed by atoms with Crippen LogP contribution in [0, 0.1) is 0 Å². The van der Waals surface area contributed by atoms with Crippen molar-refractivity contribution in [3.63, 3.8) is 0 Å². The minimum atomic E-state index is 0.0100. The van der Waals surface area contributed by atoms with E-state index in [1.807, 2.05) is 18.2 Å². The number of benzene rings is 3. The maximum Gasteiger partial charge on any atom is 0.305 e. The van der Waals surface area contributed by atoms with Crippen molar-refractivity contribution in [2.75, 3.05) is 0 Å². The summed E-state index contributed by atoms with van der Waals surface area (Å²) in [5, 5.41) is 9.62. The van der Waals surface area contributed by atoms with Gasteiger partial charge in [-0.2, -0.15) is 0 Å². The number of hydrogen-bond donors (Lipinski definition) is 1. The molecule has 1 aliphatic rings. The van der Waals surface area contributed by atoms with Crippen LogP contribution in [-0.2, 0) is 5.41 Å². The first-order valence-corrected chi connectivity index (χ1v) is 8.06. The third-order valence-electron chi connectivity index (χ3n) is 5.08. The van der Waals surface area contributed by atoms with Crippen LogP contribution in [0.25, 0.3) is 22.3 Å². The molecule has 3 aromatic carbocycles. The molecular weight excluding hydrogens is 279 g/mol. The lowest BCUT2D eigenvalue weighted by atomic mass is 9.79. The maximum atomic E-state index is 9.62. The van der Waals surface area contributed by atoms with Crippen molar-refractivity contribution >= 4 is 12.9 Å². The van der Waals surface area contributed by atoms with E-state index < -0.39 is 0 Å². The fraction of sp³-hybridized carbons (Fsp3) is 0.143. The summed E-state index contributed by atoms with van der Waals surface area (Å²) in [6, 6.07) is 23.4. The highest BCUT2D eigenvalue weighted by Gasteiger charge is 2.35. The molecule has 1 aliphatic carbocycles. The van der Waals surface area contributed by atoms with Gasteiger partial charge in [-0.15, -0.1) is 0 Å². The zero-order valence-electron chi connectivity index (χ0n) is 13.5. The Morgan fingerprint density at radius 2 is 1.39 bits per heavy atom. The van der Waals surface area contributed by atoms with Gasteiger partial charge in [-0.3, -0.25) is 0 Å². The van der Waals surface area contributed by atoms with E-state index in [1.165, 1.54) is 27.8 Å². The Hall–Kier alpha value is -2.32. The first-order chi connectivity index (χ1) is 11.1. The second kappa shape index (κ2) is 5.11. The molecule has 0 aliphatic heterocycles. The van der Waals surface area contributed by atoms with Gasteiger partial charge in [0.2, 0.25) is 0 Å². The van der Waals surface area contributed by atoms with Crippen LogP contribution in [-0.4, -0.2) is 12.5 Å². The molecule has 0 spiro atoms. The van der Waals surface area contributed by atoms with Gasteiger partial charge in [-0.05, 0) is 44.9 Å². The van der Waals surface area contributed by atoms with Crippen molar-refractivity contribution in [1.29, 1.82) is 0 Å². The number of hydrogen-bond acceptors (Lipinski definition) is 1. The van der Waals surface area contributed by atoms with Crippen molar-refractivity contribution in [3.8, 4) is 22.3 Å². The summed E-state index contributed by atoms with van der Waals surface area (Å²) >= 11 is 0. The van der Waals surface area contributed by atoms with Gasteiger partial charge in [0.15, 0.2) is 0 Å². The van der Waals surface area contributed by atoms with Crippen molar-refractivity contribution in [2.24, 2.45) is 0 Å². The van der Waals surface area contributed by atoms with Crippen molar-refractivity contribution in [3.05, 3.63) is 77.9 Å². The molecule has 112 valence electrons. The minimum absolute atomic E-state index is 0.0100. The number of fused-ring (bicyclic) bond motifs is 3. The first-order valence-electron chi connectivity index (χ1n) is 8.06. The monoisotopic (exact) mass is 298 g/mol. The third-order valence-corrected chi connectivity index (χ3v) is 5.08. The van der Waals surface area contributed by atoms with Crippen LogP contribution >= 0.6 is 0 Å². The molecule has 0 fully saturated rings. The summed E-state index contributed by atoms with van der Waals surface area (Å²) in [4.78, 5) is 0. The molecule has 0 amide bonds. The first kappa shape index (κ1) is 14.3. The lowest BCUT2D eigenvalue weighted by molar-refractivity contribution is 0.615. The van der Waals surface area contributed by atoms with Crippen molar-refractivity contribution in [2.45, 2.75) is 19.3 Å². The SMILES string of the molecule is CC1(C)c2ccccc2-c2ccc(-c3ccccc3BO)cc21. The molecule has 2 heteroatoms. The Morgan fingerprint density at radius 3 is 2.17 bits per heavy atom. The van der Waals surface area contributed by atoms with Gasteiger partial charge in [-0.25, -0.2) is 0 Å². The van der Waals surface area contributed by atoms with E-state index in [-0.39, 0.29) is 12.9 Å². The van der Waals surface area contributed by atoms with Gasteiger partial charge in [-0.1, -0.05) is 74.5 Å². The topological polar surface area (TPSA) is 20.2 Å². The summed E-state index contributed by atoms with van der Waals surface area (Å²) in [7, 11) is 0.0663. The van der Waals surface area contributed by atoms with Crippen LogP contribution in [0.3, 0.4) is 0 Å². The van der Waals surface area contributed by atoms with E-state index in [9.17, 15) is 5.02 Å². The summed E-state index contributed by atoms with van der Waals surface area (Å²) < 4.78 is 0. The van der Waals surface area contributed by atoms with Gasteiger partial charge in [0.05, 0.1) is 0 Å². The average Bonchev–Trinajstić information content (AvgIpc) is 2.83. The van der Waals surface area contributed by atoms with Crippen LogP contribution in [0.1, 0.15) is 25.0 Å². The van der Waals surface area contributed by atoms with Gasteiger partial charge >= 0.3 is 7.48 Å². The highest BCUT2D eigenvalue weighted by Crippen LogP contribution is 2.49. The van der Waals surface area contributed by atoms with Crippen LogP contribution in [0.2, 0.25) is 0 Å². The second-order valence-corrected chi connectivity index (χ2v) is 6.75. The molecule has 0 heterocycles. The smallest absolute Gasteiger partial charge is 0.305 e. The quantitative estimate of drug-likeness (QED) is 0.716. The minimum Gasteiger partial charge on any atom is -0.449 e. The third kappa shape index (κ3) is 2.06. The molecule has 0 bridgehead atoms. The molecule has 0 saturated heterocycles. The van der Waals surface area contributed by atoms with Gasteiger partial charge in [0, 0.05) is 5.41 Å². The fourth-order valence-electron chi connectivity index (χ4n) is 3.81. The van der Waals surface area contributed by atoms with E-state index in [2.05, 4.69) is 62.4 Å². The van der Waals surface area contributed by atoms with Gasteiger partial charge in [0.1, 0.15) is 0 Å². The predicted octanol–water partition coefficient (Wildman–Crippen LogP) is 3.63. The Kier molecular flexibility index (Phi) is 3.17. The summed E-state index contributed by atoms with van der Waals surface area (Å²) in [5.41, 5.74) is 8.70. The average molecular weight is 298 g/mol. The Balaban J connectivity index is 1.93. The Morgan fingerprint density at radius 1 is 0.739 bits per heavy atom. The normalized spacial score (nSPS) is 14.2. The largest absolute Gasteiger partial charge is 0.449 e. The maximum absolute atomic E-state index is 9.62. The van der Waals surface area contributed by atoms with E-state index in [4.69, 9.17) is 0 Å². The zero-order valence-corrected chi connectivity index (χ0v) is 13.5. The lowest BCUT2D eigenvalue weighted by Gasteiger charge is -2.22. The van der Waals surface area contributed by atoms with Crippen molar-refractivity contribution in [1.82, 2.24) is 0 Å². The molecule has 0 atom stereocenters. The molecule has 0 saturated carbocycles. The molecule has 0 aromatic heterocycles. The molecule has 1 nitrogen and oxygen atoms in total. The summed E-state index contributed by atoms with van der Waals surface area (Å²) in [6.07, 6.45) is 0. The molecule has 1 N–H and O–H groups in total. The molecule has 23 heavy (non-hydrogen) atoms. The van der Waals surface area contributed by atoms with Crippen LogP contribution in [0.4, 0.5) is 0 Å². The molecule has 0 unspecified atom stereocenters. The predicted molar refractivity (Wildman–Crippen MR) is 98.4 cm³/mol. The van der Waals surface area contributed by atoms with E-state index in [1.54, 1.807) is 0 Å². The van der Waals surface area contributed by atoms with E-state index in [0.717, 1.165) is 11.0 Å². The van der Waals surface area contributed by atoms with Crippen molar-refractivity contribution < 1.29 is 5.02 Å². The fourth-order valence-corrected chi connectivity index (χ4v) is 3.81. The van der Waals surface area contributed by atoms with Crippen LogP contribution in [0.5, 0.6) is 0 Å². The zero-order chi connectivity index (χ0) is 16.0. The van der Waals surface area contributed by atoms with E-state index in [0.29, 0.717) is 0 Å². The highest BCUT2D eigenvalue weighted by atomic mass is 16.2. The standard InChI is InChI=1S/C21H19BO/c1-21(2)18-9-5-3-8-16(18)17-12-11-14(13-19(17)21)15-7-4-6-10-20(15)22-23/h3-13,22-23H,1-2H3. The van der Waals surface area contributed by atoms with Gasteiger partial charge in [0.25, 0.3) is 0 Å². The van der Waals surface area contributed by atoms with Gasteiger partial charge < -0.3 is 5.02 Å². The van der Waals surface area contributed by atoms with E-state index >= 15 is 0 Å². The van der Waals surface area contributed by atoms with Crippen LogP contribution in [0.15, 0.2) is 66.7 Å². The lowest BCUT2D eigenvalue weighted by Crippen LogP contribution is -2.17. The van der Waals surface area contributed by atoms with Crippen LogP contribution < -0.4 is 5.46 Å². The molecular formula is C21H19BO. The molecule has 0 radical (unpaired) electrons. The number of rotatable bonds is 2. The Bertz CT molecular complexity index is 896. The second-order valence-electron chi connectivity index (χ2n) is 6.75. The molecule has 4 rings (SSSR count). The summed E-state index contributed by atoms with van der Waals surface area (Å²) in [6.45, 7) is 4.58. The highest BCUT2D eigenvalue weighted by molar-refractivity contribution is 6.48. The Labute approximate surface area is 137 Å². The molecule has 3 aromatic rings. The summed E-state index contributed by atoms with van der Waals surface area (Å²) in [5.74, 6) is 0.